The molecule has 0 unspecified atom stereocenters. The van der Waals surface area contributed by atoms with E-state index in [-0.39, 0.29) is 24.9 Å². The van der Waals surface area contributed by atoms with Gasteiger partial charge in [0, 0.05) is 24.4 Å². The third-order valence-electron chi connectivity index (χ3n) is 3.53. The van der Waals surface area contributed by atoms with E-state index in [0.717, 1.165) is 5.52 Å². The number of hydrogen-bond acceptors (Lipinski definition) is 3. The first-order valence-electron chi connectivity index (χ1n) is 6.87. The van der Waals surface area contributed by atoms with E-state index >= 15 is 0 Å². The molecule has 3 amide bonds. The number of nitrogens with zero attached hydrogens (tertiary/aromatic N) is 3. The molecule has 1 fully saturated rings. The van der Waals surface area contributed by atoms with Crippen LogP contribution in [0, 0.1) is 5.82 Å². The normalized spacial score (nSPS) is 15.8. The standard InChI is InChI=1S/C14H14BrFN4O2/c1-7(2)20-11-6-9(15)10(16)5-8(11)13(18-20)19-4-3-12(21)17-14(19)22/h5-7H,3-4H2,1-2H3,(H,17,21,22). The molecule has 1 aromatic carbocycles. The summed E-state index contributed by atoms with van der Waals surface area (Å²) in [6.07, 6.45) is 0.195. The zero-order valence-electron chi connectivity index (χ0n) is 12.1. The number of carbonyl (C=O) groups excluding carboxylic acids is 2. The van der Waals surface area contributed by atoms with Crippen LogP contribution in [-0.2, 0) is 4.79 Å². The molecule has 116 valence electrons. The summed E-state index contributed by atoms with van der Waals surface area (Å²) in [5.41, 5.74) is 0.725. The Labute approximate surface area is 134 Å². The Bertz CT molecular complexity index is 787. The van der Waals surface area contributed by atoms with Crippen molar-refractivity contribution in [1.29, 1.82) is 0 Å². The number of amides is 3. The van der Waals surface area contributed by atoms with E-state index < -0.39 is 11.8 Å². The maximum absolute atomic E-state index is 13.9. The molecule has 2 aromatic rings. The predicted octanol–water partition coefficient (Wildman–Crippen LogP) is 2.97. The molecule has 0 aliphatic carbocycles. The highest BCUT2D eigenvalue weighted by Gasteiger charge is 2.29. The highest BCUT2D eigenvalue weighted by Crippen LogP contribution is 2.32. The van der Waals surface area contributed by atoms with Crippen LogP contribution in [-0.4, -0.2) is 28.3 Å². The number of imide groups is 1. The van der Waals surface area contributed by atoms with Crippen molar-refractivity contribution in [3.63, 3.8) is 0 Å². The van der Waals surface area contributed by atoms with E-state index in [4.69, 9.17) is 0 Å². The summed E-state index contributed by atoms with van der Waals surface area (Å²) in [6, 6.07) is 2.51. The van der Waals surface area contributed by atoms with Crippen molar-refractivity contribution in [2.45, 2.75) is 26.3 Å². The third-order valence-corrected chi connectivity index (χ3v) is 4.14. The number of urea groups is 1. The van der Waals surface area contributed by atoms with E-state index in [1.54, 1.807) is 10.7 Å². The molecule has 1 aromatic heterocycles. The van der Waals surface area contributed by atoms with Crippen LogP contribution in [0.1, 0.15) is 26.3 Å². The second kappa shape index (κ2) is 5.35. The average Bonchev–Trinajstić information content (AvgIpc) is 2.78. The quantitative estimate of drug-likeness (QED) is 0.885. The number of anilines is 1. The summed E-state index contributed by atoms with van der Waals surface area (Å²) < 4.78 is 16.0. The van der Waals surface area contributed by atoms with Gasteiger partial charge in [0.1, 0.15) is 5.82 Å². The number of rotatable bonds is 2. The van der Waals surface area contributed by atoms with Gasteiger partial charge in [0.25, 0.3) is 0 Å². The highest BCUT2D eigenvalue weighted by molar-refractivity contribution is 9.10. The zero-order chi connectivity index (χ0) is 16.0. The molecule has 22 heavy (non-hydrogen) atoms. The summed E-state index contributed by atoms with van der Waals surface area (Å²) >= 11 is 3.17. The fourth-order valence-corrected chi connectivity index (χ4v) is 2.81. The first-order chi connectivity index (χ1) is 10.4. The topological polar surface area (TPSA) is 67.2 Å². The summed E-state index contributed by atoms with van der Waals surface area (Å²) in [5, 5.41) is 7.25. The molecule has 0 spiro atoms. The van der Waals surface area contributed by atoms with E-state index in [1.807, 2.05) is 13.8 Å². The molecule has 1 N–H and O–H groups in total. The first kappa shape index (κ1) is 15.0. The molecule has 6 nitrogen and oxygen atoms in total. The van der Waals surface area contributed by atoms with Crippen molar-refractivity contribution in [2.24, 2.45) is 0 Å². The number of aromatic nitrogens is 2. The monoisotopic (exact) mass is 368 g/mol. The van der Waals surface area contributed by atoms with Crippen LogP contribution < -0.4 is 10.2 Å². The molecule has 8 heteroatoms. The van der Waals surface area contributed by atoms with Gasteiger partial charge < -0.3 is 0 Å². The van der Waals surface area contributed by atoms with Gasteiger partial charge in [0.2, 0.25) is 5.91 Å². The highest BCUT2D eigenvalue weighted by atomic mass is 79.9. The second-order valence-electron chi connectivity index (χ2n) is 5.40. The van der Waals surface area contributed by atoms with Crippen molar-refractivity contribution in [3.8, 4) is 0 Å². The summed E-state index contributed by atoms with van der Waals surface area (Å²) in [5.74, 6) is -0.381. The molecular formula is C14H14BrFN4O2. The van der Waals surface area contributed by atoms with Gasteiger partial charge in [0.15, 0.2) is 5.82 Å². The Balaban J connectivity index is 2.19. The summed E-state index contributed by atoms with van der Waals surface area (Å²) in [4.78, 5) is 24.7. The molecule has 0 atom stereocenters. The lowest BCUT2D eigenvalue weighted by Gasteiger charge is -2.24. The van der Waals surface area contributed by atoms with E-state index in [1.165, 1.54) is 11.0 Å². The maximum atomic E-state index is 13.9. The Morgan fingerprint density at radius 2 is 2.09 bits per heavy atom. The minimum atomic E-state index is -0.533. The van der Waals surface area contributed by atoms with Gasteiger partial charge in [-0.15, -0.1) is 0 Å². The van der Waals surface area contributed by atoms with E-state index in [9.17, 15) is 14.0 Å². The molecule has 0 radical (unpaired) electrons. The summed E-state index contributed by atoms with van der Waals surface area (Å²) in [7, 11) is 0. The Morgan fingerprint density at radius 3 is 2.73 bits per heavy atom. The fraction of sp³-hybridized carbons (Fsp3) is 0.357. The van der Waals surface area contributed by atoms with Crippen molar-refractivity contribution < 1.29 is 14.0 Å². The van der Waals surface area contributed by atoms with Gasteiger partial charge in [-0.3, -0.25) is 19.7 Å². The minimum absolute atomic E-state index is 0.0445. The number of carbonyl (C=O) groups is 2. The van der Waals surface area contributed by atoms with Crippen LogP contribution in [0.3, 0.4) is 0 Å². The number of halogens is 2. The lowest BCUT2D eigenvalue weighted by molar-refractivity contribution is -0.120. The second-order valence-corrected chi connectivity index (χ2v) is 6.25. The van der Waals surface area contributed by atoms with Gasteiger partial charge in [-0.05, 0) is 41.9 Å². The molecule has 1 aliphatic heterocycles. The molecule has 2 heterocycles. The van der Waals surface area contributed by atoms with E-state index in [0.29, 0.717) is 15.7 Å². The minimum Gasteiger partial charge on any atom is -0.278 e. The van der Waals surface area contributed by atoms with Gasteiger partial charge >= 0.3 is 6.03 Å². The number of hydrogen-bond donors (Lipinski definition) is 1. The Hall–Kier alpha value is -1.96. The van der Waals surface area contributed by atoms with Crippen LogP contribution in [0.25, 0.3) is 10.9 Å². The SMILES string of the molecule is CC(C)n1nc(N2CCC(=O)NC2=O)c2cc(F)c(Br)cc21. The molecular weight excluding hydrogens is 355 g/mol. The maximum Gasteiger partial charge on any atom is 0.329 e. The third kappa shape index (κ3) is 2.37. The Morgan fingerprint density at radius 1 is 1.36 bits per heavy atom. The predicted molar refractivity (Wildman–Crippen MR) is 83.3 cm³/mol. The van der Waals surface area contributed by atoms with Crippen LogP contribution in [0.2, 0.25) is 0 Å². The van der Waals surface area contributed by atoms with Crippen molar-refractivity contribution >= 4 is 44.6 Å². The van der Waals surface area contributed by atoms with Crippen LogP contribution in [0.5, 0.6) is 0 Å². The number of nitrogens with one attached hydrogen (secondary N) is 1. The van der Waals surface area contributed by atoms with Crippen LogP contribution in [0.15, 0.2) is 16.6 Å². The molecule has 1 aliphatic rings. The Kier molecular flexibility index (Phi) is 3.64. The van der Waals surface area contributed by atoms with Crippen molar-refractivity contribution in [2.75, 3.05) is 11.4 Å². The lowest BCUT2D eigenvalue weighted by atomic mass is 10.2. The molecule has 0 bridgehead atoms. The number of fused-ring (bicyclic) bond motifs is 1. The summed E-state index contributed by atoms with van der Waals surface area (Å²) in [6.45, 7) is 4.13. The van der Waals surface area contributed by atoms with Crippen molar-refractivity contribution in [3.05, 3.63) is 22.4 Å². The number of benzene rings is 1. The smallest absolute Gasteiger partial charge is 0.278 e. The average molecular weight is 369 g/mol. The molecule has 3 rings (SSSR count). The zero-order valence-corrected chi connectivity index (χ0v) is 13.6. The lowest BCUT2D eigenvalue weighted by Crippen LogP contribution is -2.49. The first-order valence-corrected chi connectivity index (χ1v) is 7.66. The van der Waals surface area contributed by atoms with Gasteiger partial charge in [0.05, 0.1) is 9.99 Å². The van der Waals surface area contributed by atoms with Gasteiger partial charge in [-0.2, -0.15) is 5.10 Å². The van der Waals surface area contributed by atoms with Crippen molar-refractivity contribution in [1.82, 2.24) is 15.1 Å². The molecule has 0 saturated carbocycles. The van der Waals surface area contributed by atoms with Gasteiger partial charge in [-0.25, -0.2) is 9.18 Å². The van der Waals surface area contributed by atoms with Crippen LogP contribution >= 0.6 is 15.9 Å². The van der Waals surface area contributed by atoms with E-state index in [2.05, 4.69) is 26.3 Å². The fourth-order valence-electron chi connectivity index (χ4n) is 2.47. The largest absolute Gasteiger partial charge is 0.329 e. The van der Waals surface area contributed by atoms with Gasteiger partial charge in [-0.1, -0.05) is 0 Å². The molecule has 1 saturated heterocycles. The van der Waals surface area contributed by atoms with Crippen LogP contribution in [0.4, 0.5) is 15.0 Å².